The minimum atomic E-state index is -1.94. The van der Waals surface area contributed by atoms with Crippen molar-refractivity contribution in [3.8, 4) is 0 Å². The summed E-state index contributed by atoms with van der Waals surface area (Å²) in [4.78, 5) is 0. The summed E-state index contributed by atoms with van der Waals surface area (Å²) in [6, 6.07) is 0. The van der Waals surface area contributed by atoms with E-state index in [2.05, 4.69) is 0 Å². The molecule has 0 fully saturated rings. The third kappa shape index (κ3) is 4.90. The fraction of sp³-hybridized carbons (Fsp3) is 1.00. The van der Waals surface area contributed by atoms with Crippen LogP contribution in [-0.4, -0.2) is 21.3 Å². The average Bonchev–Trinajstić information content (AvgIpc) is 1.87. The summed E-state index contributed by atoms with van der Waals surface area (Å²) >= 11 is 2.01. The van der Waals surface area contributed by atoms with Crippen LogP contribution in [0.4, 0.5) is 0 Å². The second-order valence-corrected chi connectivity index (χ2v) is 6.48. The van der Waals surface area contributed by atoms with Gasteiger partial charge < -0.3 is 0 Å². The predicted octanol–water partition coefficient (Wildman–Crippen LogP) is 2.04. The maximum atomic E-state index is 4.89. The molecule has 0 aromatic rings. The van der Waals surface area contributed by atoms with Gasteiger partial charge in [0.15, 0.2) is 0 Å². The van der Waals surface area contributed by atoms with Gasteiger partial charge in [0, 0.05) is 17.1 Å². The summed E-state index contributed by atoms with van der Waals surface area (Å²) in [5.41, 5.74) is -1.94. The van der Waals surface area contributed by atoms with E-state index in [1.165, 1.54) is 0 Å². The zero-order chi connectivity index (χ0) is 6.62. The van der Waals surface area contributed by atoms with E-state index < -0.39 is 5.59 Å². The van der Waals surface area contributed by atoms with Crippen LogP contribution in [-0.2, 0) is 30.6 Å². The Morgan fingerprint density at radius 2 is 1.22 bits per heavy atom. The molecule has 0 rings (SSSR count). The van der Waals surface area contributed by atoms with Gasteiger partial charge in [-0.25, -0.2) is 0 Å². The Balaban J connectivity index is 0. The van der Waals surface area contributed by atoms with Crippen molar-refractivity contribution in [1.82, 2.24) is 0 Å². The van der Waals surface area contributed by atoms with Crippen LogP contribution in [0.2, 0.25) is 0 Å². The van der Waals surface area contributed by atoms with Crippen molar-refractivity contribution in [1.29, 1.82) is 0 Å². The molecule has 0 saturated heterocycles. The van der Waals surface area contributed by atoms with Crippen LogP contribution < -0.4 is 0 Å². The van der Waals surface area contributed by atoms with Crippen LogP contribution in [0.1, 0.15) is 0 Å². The van der Waals surface area contributed by atoms with Gasteiger partial charge in [0.1, 0.15) is 0 Å². The number of halogens is 1. The second-order valence-electron chi connectivity index (χ2n) is 0.978. The second kappa shape index (κ2) is 6.28. The van der Waals surface area contributed by atoms with E-state index in [9.17, 15) is 0 Å². The molecule has 1 radical (unpaired) electrons. The van der Waals surface area contributed by atoms with E-state index in [0.29, 0.717) is 0 Å². The first-order valence-electron chi connectivity index (χ1n) is 1.94. The van der Waals surface area contributed by atoms with Crippen LogP contribution in [0.5, 0.6) is 0 Å². The normalized spacial score (nSPS) is 10.7. The minimum absolute atomic E-state index is 0. The Bertz CT molecular complexity index is 61.8. The molecule has 0 aliphatic heterocycles. The molecule has 0 atom stereocenters. The van der Waals surface area contributed by atoms with E-state index in [4.69, 9.17) is 13.6 Å². The Morgan fingerprint density at radius 3 is 1.22 bits per heavy atom. The van der Waals surface area contributed by atoms with Crippen LogP contribution in [0.25, 0.3) is 0 Å². The van der Waals surface area contributed by atoms with Gasteiger partial charge in [-0.1, -0.05) is 0 Å². The first kappa shape index (κ1) is 13.2. The molecule has 0 saturated carbocycles. The largest absolute Gasteiger partial charge is 0.475 e. The van der Waals surface area contributed by atoms with Crippen LogP contribution in [0, 0.1) is 0 Å². The van der Waals surface area contributed by atoms with Crippen molar-refractivity contribution in [2.45, 2.75) is 0 Å². The Kier molecular flexibility index (Phi) is 9.19. The number of rotatable bonds is 3. The first-order chi connectivity index (χ1) is 3.68. The molecule has 0 N–H and O–H groups in total. The van der Waals surface area contributed by atoms with E-state index in [1.807, 2.05) is 22.0 Å². The standard InChI is InChI=1S/C3H9IO3P.Cu/c1-5-8(4,6-2)7-3;/h1-3H3;/q+1;. The van der Waals surface area contributed by atoms with Gasteiger partial charge in [0.2, 0.25) is 0 Å². The molecule has 0 heterocycles. The molecule has 3 nitrogen and oxygen atoms in total. The van der Waals surface area contributed by atoms with Gasteiger partial charge in [0.05, 0.1) is 21.3 Å². The van der Waals surface area contributed by atoms with Gasteiger partial charge in [-0.3, -0.25) is 0 Å². The fourth-order valence-corrected chi connectivity index (χ4v) is 0.671. The zero-order valence-corrected chi connectivity index (χ0v) is 9.35. The van der Waals surface area contributed by atoms with Crippen molar-refractivity contribution in [2.75, 3.05) is 21.3 Å². The third-order valence-corrected chi connectivity index (χ3v) is 5.51. The quantitative estimate of drug-likeness (QED) is 0.453. The van der Waals surface area contributed by atoms with Crippen LogP contribution in [0.15, 0.2) is 0 Å². The van der Waals surface area contributed by atoms with Crippen molar-refractivity contribution >= 4 is 27.6 Å². The Morgan fingerprint density at radius 1 is 1.00 bits per heavy atom. The zero-order valence-electron chi connectivity index (χ0n) is 5.35. The fourth-order valence-electron chi connectivity index (χ4n) is 0.224. The molecule has 0 spiro atoms. The maximum Gasteiger partial charge on any atom is 0.475 e. The SMILES string of the molecule is CO[P+](I)(OC)OC.[Cu]. The molecule has 0 bridgehead atoms. The molecule has 0 aromatic carbocycles. The van der Waals surface area contributed by atoms with Crippen molar-refractivity contribution in [3.63, 3.8) is 0 Å². The molecular formula is C3H9CuIO3P+. The summed E-state index contributed by atoms with van der Waals surface area (Å²) in [5.74, 6) is 0. The maximum absolute atomic E-state index is 4.89. The van der Waals surface area contributed by atoms with E-state index >= 15 is 0 Å². The van der Waals surface area contributed by atoms with Gasteiger partial charge in [-0.15, -0.1) is 0 Å². The van der Waals surface area contributed by atoms with Gasteiger partial charge >= 0.3 is 5.59 Å². The Labute approximate surface area is 79.4 Å². The molecule has 0 aromatic heterocycles. The van der Waals surface area contributed by atoms with Gasteiger partial charge in [0.25, 0.3) is 22.0 Å². The summed E-state index contributed by atoms with van der Waals surface area (Å²) in [6.45, 7) is 0. The summed E-state index contributed by atoms with van der Waals surface area (Å²) in [6.07, 6.45) is 0. The van der Waals surface area contributed by atoms with Gasteiger partial charge in [-0.2, -0.15) is 13.6 Å². The van der Waals surface area contributed by atoms with Crippen LogP contribution in [0.3, 0.4) is 0 Å². The Hall–Kier alpha value is 1.56. The molecule has 0 aliphatic carbocycles. The van der Waals surface area contributed by atoms with E-state index in [1.54, 1.807) is 21.3 Å². The van der Waals surface area contributed by atoms with Crippen molar-refractivity contribution in [3.05, 3.63) is 0 Å². The van der Waals surface area contributed by atoms with Crippen LogP contribution >= 0.6 is 27.6 Å². The molecule has 0 amide bonds. The minimum Gasteiger partial charge on any atom is -0.174 e. The number of hydrogen-bond acceptors (Lipinski definition) is 3. The van der Waals surface area contributed by atoms with E-state index in [0.717, 1.165) is 0 Å². The topological polar surface area (TPSA) is 27.7 Å². The summed E-state index contributed by atoms with van der Waals surface area (Å²) in [7, 11) is 4.69. The molecule has 61 valence electrons. The predicted molar refractivity (Wildman–Crippen MR) is 42.0 cm³/mol. The molecule has 9 heavy (non-hydrogen) atoms. The average molecular weight is 315 g/mol. The third-order valence-electron chi connectivity index (χ3n) is 0.654. The molecule has 0 aliphatic rings. The van der Waals surface area contributed by atoms with Gasteiger partial charge in [-0.05, 0) is 0 Å². The molecular weight excluding hydrogens is 305 g/mol. The number of hydrogen-bond donors (Lipinski definition) is 0. The molecule has 6 heteroatoms. The smallest absolute Gasteiger partial charge is 0.174 e. The van der Waals surface area contributed by atoms with Crippen molar-refractivity contribution < 1.29 is 30.6 Å². The summed E-state index contributed by atoms with van der Waals surface area (Å²) < 4.78 is 14.7. The van der Waals surface area contributed by atoms with E-state index in [-0.39, 0.29) is 17.1 Å². The van der Waals surface area contributed by atoms with Crippen molar-refractivity contribution in [2.24, 2.45) is 0 Å². The molecule has 0 unspecified atom stereocenters. The monoisotopic (exact) mass is 314 g/mol. The summed E-state index contributed by atoms with van der Waals surface area (Å²) in [5, 5.41) is 0. The first-order valence-corrected chi connectivity index (χ1v) is 6.27.